The molecule has 17 heavy (non-hydrogen) atoms. The van der Waals surface area contributed by atoms with Gasteiger partial charge in [-0.3, -0.25) is 0 Å². The second kappa shape index (κ2) is 6.10. The summed E-state index contributed by atoms with van der Waals surface area (Å²) in [6, 6.07) is 6.16. The van der Waals surface area contributed by atoms with Crippen molar-refractivity contribution in [2.24, 2.45) is 5.92 Å². The molecule has 1 saturated carbocycles. The van der Waals surface area contributed by atoms with Gasteiger partial charge < -0.3 is 4.74 Å². The molecule has 1 nitrogen and oxygen atoms in total. The molecule has 0 heterocycles. The number of benzene rings is 1. The molecule has 1 aromatic carbocycles. The highest BCUT2D eigenvalue weighted by atomic mass is 79.9. The largest absolute Gasteiger partial charge is 0.496 e. The number of halogens is 2. The minimum absolute atomic E-state index is 0.383. The summed E-state index contributed by atoms with van der Waals surface area (Å²) in [5.41, 5.74) is 1.27. The first-order valence-corrected chi connectivity index (χ1v) is 7.40. The van der Waals surface area contributed by atoms with Crippen LogP contribution in [0.5, 0.6) is 5.75 Å². The molecule has 0 saturated heterocycles. The van der Waals surface area contributed by atoms with Crippen LogP contribution in [-0.4, -0.2) is 12.5 Å². The fourth-order valence-electron chi connectivity index (χ4n) is 2.12. The number of hydrogen-bond donors (Lipinski definition) is 0. The summed E-state index contributed by atoms with van der Waals surface area (Å²) in [5, 5.41) is 0.383. The second-order valence-corrected chi connectivity index (χ2v) is 6.18. The first-order chi connectivity index (χ1) is 8.20. The van der Waals surface area contributed by atoms with E-state index in [2.05, 4.69) is 22.0 Å². The lowest BCUT2D eigenvalue weighted by Crippen LogP contribution is -2.02. The molecule has 0 radical (unpaired) electrons. The molecule has 0 bridgehead atoms. The van der Waals surface area contributed by atoms with Gasteiger partial charge in [0.2, 0.25) is 0 Å². The van der Waals surface area contributed by atoms with Gasteiger partial charge in [-0.1, -0.05) is 15.9 Å². The van der Waals surface area contributed by atoms with Crippen LogP contribution in [0.4, 0.5) is 0 Å². The Morgan fingerprint density at radius 3 is 2.88 bits per heavy atom. The van der Waals surface area contributed by atoms with E-state index in [1.165, 1.54) is 18.4 Å². The van der Waals surface area contributed by atoms with Crippen LogP contribution in [-0.2, 0) is 6.42 Å². The van der Waals surface area contributed by atoms with Gasteiger partial charge >= 0.3 is 0 Å². The smallest absolute Gasteiger partial charge is 0.122 e. The van der Waals surface area contributed by atoms with Gasteiger partial charge in [-0.25, -0.2) is 0 Å². The van der Waals surface area contributed by atoms with Gasteiger partial charge in [-0.2, -0.15) is 0 Å². The predicted octanol–water partition coefficient (Wildman–Crippen LogP) is 4.80. The number of hydrogen-bond acceptors (Lipinski definition) is 1. The van der Waals surface area contributed by atoms with E-state index in [0.29, 0.717) is 5.38 Å². The van der Waals surface area contributed by atoms with Crippen LogP contribution in [0.25, 0.3) is 0 Å². The van der Waals surface area contributed by atoms with Crippen molar-refractivity contribution in [1.29, 1.82) is 0 Å². The third-order valence-electron chi connectivity index (χ3n) is 3.30. The second-order valence-electron chi connectivity index (χ2n) is 4.70. The van der Waals surface area contributed by atoms with Crippen molar-refractivity contribution < 1.29 is 4.74 Å². The standard InChI is InChI=1S/C14H18BrClO/c1-17-14-8-7-12(15)9-11(14)3-2-4-13(16)10-5-6-10/h7-10,13H,2-6H2,1H3. The van der Waals surface area contributed by atoms with Crippen LogP contribution in [0.15, 0.2) is 22.7 Å². The highest BCUT2D eigenvalue weighted by Crippen LogP contribution is 2.38. The lowest BCUT2D eigenvalue weighted by molar-refractivity contribution is 0.408. The molecular weight excluding hydrogens is 300 g/mol. The average Bonchev–Trinajstić information content (AvgIpc) is 3.13. The SMILES string of the molecule is COc1ccc(Br)cc1CCCC(Cl)C1CC1. The topological polar surface area (TPSA) is 9.23 Å². The van der Waals surface area contributed by atoms with Crippen LogP contribution in [0.3, 0.4) is 0 Å². The molecule has 1 aliphatic carbocycles. The first-order valence-electron chi connectivity index (χ1n) is 6.17. The normalized spacial score (nSPS) is 16.9. The molecule has 0 N–H and O–H groups in total. The van der Waals surface area contributed by atoms with E-state index in [1.54, 1.807) is 7.11 Å². The predicted molar refractivity (Wildman–Crippen MR) is 76.0 cm³/mol. The number of rotatable bonds is 6. The third-order valence-corrected chi connectivity index (χ3v) is 4.37. The van der Waals surface area contributed by atoms with Crippen molar-refractivity contribution in [1.82, 2.24) is 0 Å². The molecule has 2 rings (SSSR count). The molecule has 1 aromatic rings. The Morgan fingerprint density at radius 1 is 1.47 bits per heavy atom. The summed E-state index contributed by atoms with van der Waals surface area (Å²) in [5.74, 6) is 1.77. The molecular formula is C14H18BrClO. The number of aryl methyl sites for hydroxylation is 1. The van der Waals surface area contributed by atoms with Crippen LogP contribution in [0.2, 0.25) is 0 Å². The van der Waals surface area contributed by atoms with Gasteiger partial charge in [0.1, 0.15) is 5.75 Å². The third kappa shape index (κ3) is 3.89. The van der Waals surface area contributed by atoms with Crippen molar-refractivity contribution in [3.8, 4) is 5.75 Å². The maximum absolute atomic E-state index is 6.31. The van der Waals surface area contributed by atoms with Crippen molar-refractivity contribution in [3.63, 3.8) is 0 Å². The van der Waals surface area contributed by atoms with E-state index in [1.807, 2.05) is 12.1 Å². The lowest BCUT2D eigenvalue weighted by Gasteiger charge is -2.10. The molecule has 0 amide bonds. The van der Waals surface area contributed by atoms with E-state index < -0.39 is 0 Å². The van der Waals surface area contributed by atoms with E-state index in [-0.39, 0.29) is 0 Å². The zero-order valence-corrected chi connectivity index (χ0v) is 12.4. The van der Waals surface area contributed by atoms with Gasteiger partial charge in [0, 0.05) is 9.85 Å². The first kappa shape index (κ1) is 13.2. The van der Waals surface area contributed by atoms with Gasteiger partial charge in [0.05, 0.1) is 7.11 Å². The maximum atomic E-state index is 6.31. The van der Waals surface area contributed by atoms with Gasteiger partial charge in [-0.05, 0) is 61.8 Å². The molecule has 3 heteroatoms. The Labute approximate surface area is 117 Å². The number of methoxy groups -OCH3 is 1. The lowest BCUT2D eigenvalue weighted by atomic mass is 10.0. The highest BCUT2D eigenvalue weighted by molar-refractivity contribution is 9.10. The molecule has 1 unspecified atom stereocenters. The van der Waals surface area contributed by atoms with E-state index in [4.69, 9.17) is 16.3 Å². The van der Waals surface area contributed by atoms with Crippen LogP contribution in [0.1, 0.15) is 31.2 Å². The molecule has 1 atom stereocenters. The molecule has 0 aromatic heterocycles. The minimum Gasteiger partial charge on any atom is -0.496 e. The Morgan fingerprint density at radius 2 is 2.24 bits per heavy atom. The van der Waals surface area contributed by atoms with E-state index >= 15 is 0 Å². The van der Waals surface area contributed by atoms with Crippen molar-refractivity contribution in [2.75, 3.05) is 7.11 Å². The molecule has 1 aliphatic rings. The number of ether oxygens (including phenoxy) is 1. The average molecular weight is 318 g/mol. The van der Waals surface area contributed by atoms with Gasteiger partial charge in [-0.15, -0.1) is 11.6 Å². The van der Waals surface area contributed by atoms with Gasteiger partial charge in [0.25, 0.3) is 0 Å². The maximum Gasteiger partial charge on any atom is 0.122 e. The van der Waals surface area contributed by atoms with Crippen LogP contribution < -0.4 is 4.74 Å². The minimum atomic E-state index is 0.383. The Hall–Kier alpha value is -0.210. The summed E-state index contributed by atoms with van der Waals surface area (Å²) in [6.07, 6.45) is 5.95. The summed E-state index contributed by atoms with van der Waals surface area (Å²) in [7, 11) is 1.72. The van der Waals surface area contributed by atoms with Crippen LogP contribution in [0, 0.1) is 5.92 Å². The summed E-state index contributed by atoms with van der Waals surface area (Å²) in [6.45, 7) is 0. The fourth-order valence-corrected chi connectivity index (χ4v) is 2.94. The Balaban J connectivity index is 1.86. The summed E-state index contributed by atoms with van der Waals surface area (Å²) >= 11 is 9.81. The van der Waals surface area contributed by atoms with E-state index in [0.717, 1.165) is 35.4 Å². The Kier molecular flexibility index (Phi) is 4.75. The summed E-state index contributed by atoms with van der Waals surface area (Å²) in [4.78, 5) is 0. The molecule has 1 fully saturated rings. The number of alkyl halides is 1. The van der Waals surface area contributed by atoms with E-state index in [9.17, 15) is 0 Å². The molecule has 0 spiro atoms. The summed E-state index contributed by atoms with van der Waals surface area (Å²) < 4.78 is 6.47. The zero-order chi connectivity index (χ0) is 12.3. The zero-order valence-electron chi connectivity index (χ0n) is 10.1. The molecule has 94 valence electrons. The monoisotopic (exact) mass is 316 g/mol. The van der Waals surface area contributed by atoms with Crippen LogP contribution >= 0.6 is 27.5 Å². The Bertz CT molecular complexity index is 376. The fraction of sp³-hybridized carbons (Fsp3) is 0.571. The highest BCUT2D eigenvalue weighted by Gasteiger charge is 2.28. The van der Waals surface area contributed by atoms with Crippen molar-refractivity contribution in [3.05, 3.63) is 28.2 Å². The van der Waals surface area contributed by atoms with Gasteiger partial charge in [0.15, 0.2) is 0 Å². The molecule has 0 aliphatic heterocycles. The van der Waals surface area contributed by atoms with Crippen molar-refractivity contribution >= 4 is 27.5 Å². The quantitative estimate of drug-likeness (QED) is 0.685. The van der Waals surface area contributed by atoms with Crippen molar-refractivity contribution in [2.45, 2.75) is 37.5 Å².